The van der Waals surface area contributed by atoms with Gasteiger partial charge in [0.15, 0.2) is 12.4 Å². The van der Waals surface area contributed by atoms with Crippen molar-refractivity contribution in [2.75, 3.05) is 13.7 Å². The highest BCUT2D eigenvalue weighted by Gasteiger charge is 2.19. The van der Waals surface area contributed by atoms with Gasteiger partial charge in [-0.3, -0.25) is 14.9 Å². The van der Waals surface area contributed by atoms with Crippen molar-refractivity contribution in [1.82, 2.24) is 5.32 Å². The maximum absolute atomic E-state index is 11.9. The molecule has 0 bridgehead atoms. The molecule has 0 radical (unpaired) electrons. The lowest BCUT2D eigenvalue weighted by molar-refractivity contribution is -0.385. The lowest BCUT2D eigenvalue weighted by atomic mass is 10.2. The highest BCUT2D eigenvalue weighted by atomic mass is 32.1. The number of nitro groups is 1. The molecular weight excluding hydrogens is 336 g/mol. The molecule has 0 aliphatic heterocycles. The Morgan fingerprint density at radius 2 is 2.12 bits per heavy atom. The van der Waals surface area contributed by atoms with Gasteiger partial charge in [0.05, 0.1) is 24.1 Å². The van der Waals surface area contributed by atoms with Gasteiger partial charge in [0.25, 0.3) is 5.91 Å². The Balaban J connectivity index is 1.91. The number of carbonyl (C=O) groups excluding carboxylic acids is 2. The number of nitrogens with zero attached hydrogens (tertiary/aromatic N) is 1. The number of ether oxygens (including phenoxy) is 2. The van der Waals surface area contributed by atoms with E-state index in [9.17, 15) is 19.7 Å². The van der Waals surface area contributed by atoms with E-state index in [2.05, 4.69) is 5.32 Å². The molecule has 24 heavy (non-hydrogen) atoms. The predicted octanol–water partition coefficient (Wildman–Crippen LogP) is 2.14. The fourth-order valence-electron chi connectivity index (χ4n) is 1.82. The summed E-state index contributed by atoms with van der Waals surface area (Å²) in [4.78, 5) is 34.8. The summed E-state index contributed by atoms with van der Waals surface area (Å²) in [6, 6.07) is 7.41. The highest BCUT2D eigenvalue weighted by Crippen LogP contribution is 2.27. The van der Waals surface area contributed by atoms with Crippen LogP contribution in [-0.4, -0.2) is 30.5 Å². The van der Waals surface area contributed by atoms with Gasteiger partial charge in [-0.2, -0.15) is 0 Å². The van der Waals surface area contributed by atoms with Crippen molar-refractivity contribution in [2.24, 2.45) is 0 Å². The Hall–Kier alpha value is -2.94. The van der Waals surface area contributed by atoms with E-state index in [4.69, 9.17) is 9.47 Å². The van der Waals surface area contributed by atoms with E-state index in [1.807, 2.05) is 17.5 Å². The lowest BCUT2D eigenvalue weighted by Crippen LogP contribution is -2.28. The molecule has 126 valence electrons. The van der Waals surface area contributed by atoms with Crippen molar-refractivity contribution in [3.63, 3.8) is 0 Å². The maximum atomic E-state index is 11.9. The molecule has 1 amide bonds. The Morgan fingerprint density at radius 1 is 1.33 bits per heavy atom. The van der Waals surface area contributed by atoms with Gasteiger partial charge in [-0.1, -0.05) is 6.07 Å². The summed E-state index contributed by atoms with van der Waals surface area (Å²) in [5, 5.41) is 15.4. The number of amides is 1. The van der Waals surface area contributed by atoms with E-state index in [1.165, 1.54) is 30.6 Å². The monoisotopic (exact) mass is 350 g/mol. The number of nitrogens with one attached hydrogen (secondary N) is 1. The molecule has 2 aromatic rings. The highest BCUT2D eigenvalue weighted by molar-refractivity contribution is 7.09. The summed E-state index contributed by atoms with van der Waals surface area (Å²) in [5.74, 6) is -1.25. The molecule has 8 nitrogen and oxygen atoms in total. The molecule has 0 aliphatic rings. The van der Waals surface area contributed by atoms with Gasteiger partial charge in [-0.15, -0.1) is 11.3 Å². The Labute approximate surface area is 141 Å². The topological polar surface area (TPSA) is 108 Å². The molecule has 0 fully saturated rings. The summed E-state index contributed by atoms with van der Waals surface area (Å²) >= 11 is 1.50. The molecule has 0 saturated heterocycles. The lowest BCUT2D eigenvalue weighted by Gasteiger charge is -2.07. The van der Waals surface area contributed by atoms with Crippen molar-refractivity contribution in [3.8, 4) is 5.75 Å². The average Bonchev–Trinajstić information content (AvgIpc) is 3.10. The first-order chi connectivity index (χ1) is 11.5. The SMILES string of the molecule is COc1ccc(C(=O)OCC(=O)NCc2cccs2)cc1[N+](=O)[O-]. The van der Waals surface area contributed by atoms with Crippen molar-refractivity contribution >= 4 is 28.9 Å². The standard InChI is InChI=1S/C15H14N2O6S/c1-22-13-5-4-10(7-12(13)17(20)21)15(19)23-9-14(18)16-8-11-3-2-6-24-11/h2-7H,8-9H2,1H3,(H,16,18). The zero-order valence-electron chi connectivity index (χ0n) is 12.7. The van der Waals surface area contributed by atoms with E-state index in [1.54, 1.807) is 0 Å². The number of hydrogen-bond donors (Lipinski definition) is 1. The molecule has 0 spiro atoms. The second-order valence-electron chi connectivity index (χ2n) is 4.58. The number of thiophene rings is 1. The zero-order chi connectivity index (χ0) is 17.5. The van der Waals surface area contributed by atoms with Crippen molar-refractivity contribution in [3.05, 3.63) is 56.3 Å². The van der Waals surface area contributed by atoms with Crippen LogP contribution in [0.3, 0.4) is 0 Å². The van der Waals surface area contributed by atoms with Gasteiger partial charge in [0, 0.05) is 10.9 Å². The average molecular weight is 350 g/mol. The second-order valence-corrected chi connectivity index (χ2v) is 5.61. The fourth-order valence-corrected chi connectivity index (χ4v) is 2.47. The molecule has 0 aliphatic carbocycles. The van der Waals surface area contributed by atoms with Gasteiger partial charge in [0.2, 0.25) is 0 Å². The third-order valence-corrected chi connectivity index (χ3v) is 3.86. The summed E-state index contributed by atoms with van der Waals surface area (Å²) in [5.41, 5.74) is -0.386. The second kappa shape index (κ2) is 8.06. The maximum Gasteiger partial charge on any atom is 0.338 e. The van der Waals surface area contributed by atoms with Crippen molar-refractivity contribution in [2.45, 2.75) is 6.54 Å². The number of methoxy groups -OCH3 is 1. The van der Waals surface area contributed by atoms with Crippen LogP contribution in [-0.2, 0) is 16.1 Å². The van der Waals surface area contributed by atoms with Crippen molar-refractivity contribution < 1.29 is 24.0 Å². The number of carbonyl (C=O) groups is 2. The van der Waals surface area contributed by atoms with Crippen LogP contribution in [0, 0.1) is 10.1 Å². The first-order valence-electron chi connectivity index (χ1n) is 6.80. The van der Waals surface area contributed by atoms with Crippen LogP contribution in [0.25, 0.3) is 0 Å². The molecule has 0 saturated carbocycles. The van der Waals surface area contributed by atoms with Gasteiger partial charge in [-0.25, -0.2) is 4.79 Å². The van der Waals surface area contributed by atoms with Gasteiger partial charge in [0.1, 0.15) is 0 Å². The molecule has 1 heterocycles. The van der Waals surface area contributed by atoms with Gasteiger partial charge in [-0.05, 0) is 23.6 Å². The largest absolute Gasteiger partial charge is 0.490 e. The van der Waals surface area contributed by atoms with E-state index in [0.717, 1.165) is 10.9 Å². The predicted molar refractivity (Wildman–Crippen MR) is 86.1 cm³/mol. The number of esters is 1. The van der Waals surface area contributed by atoms with E-state index < -0.39 is 23.4 Å². The van der Waals surface area contributed by atoms with E-state index in [-0.39, 0.29) is 17.0 Å². The third kappa shape index (κ3) is 4.53. The summed E-state index contributed by atoms with van der Waals surface area (Å²) in [6.45, 7) is -0.119. The minimum absolute atomic E-state index is 0.0326. The Bertz CT molecular complexity index is 744. The molecule has 2 rings (SSSR count). The smallest absolute Gasteiger partial charge is 0.338 e. The van der Waals surface area contributed by atoms with Gasteiger partial charge >= 0.3 is 11.7 Å². The number of benzene rings is 1. The van der Waals surface area contributed by atoms with Crippen LogP contribution in [0.5, 0.6) is 5.75 Å². The molecular formula is C15H14N2O6S. The molecule has 0 unspecified atom stereocenters. The molecule has 1 aromatic heterocycles. The van der Waals surface area contributed by atoms with E-state index in [0.29, 0.717) is 6.54 Å². The first-order valence-corrected chi connectivity index (χ1v) is 7.68. The molecule has 1 N–H and O–H groups in total. The summed E-state index contributed by atoms with van der Waals surface area (Å²) in [6.07, 6.45) is 0. The Morgan fingerprint density at radius 3 is 2.75 bits per heavy atom. The fraction of sp³-hybridized carbons (Fsp3) is 0.200. The van der Waals surface area contributed by atoms with Crippen LogP contribution in [0.1, 0.15) is 15.2 Å². The van der Waals surface area contributed by atoms with Gasteiger partial charge < -0.3 is 14.8 Å². The normalized spacial score (nSPS) is 10.0. The quantitative estimate of drug-likeness (QED) is 0.466. The molecule has 1 aromatic carbocycles. The minimum atomic E-state index is -0.827. The number of rotatable bonds is 7. The van der Waals surface area contributed by atoms with Crippen LogP contribution in [0.15, 0.2) is 35.7 Å². The summed E-state index contributed by atoms with van der Waals surface area (Å²) < 4.78 is 9.71. The minimum Gasteiger partial charge on any atom is -0.490 e. The first kappa shape index (κ1) is 17.4. The van der Waals surface area contributed by atoms with Crippen LogP contribution in [0.2, 0.25) is 0 Å². The van der Waals surface area contributed by atoms with Crippen molar-refractivity contribution in [1.29, 1.82) is 0 Å². The Kier molecular flexibility index (Phi) is 5.85. The summed E-state index contributed by atoms with van der Waals surface area (Å²) in [7, 11) is 1.29. The third-order valence-electron chi connectivity index (χ3n) is 2.99. The van der Waals surface area contributed by atoms with Crippen LogP contribution < -0.4 is 10.1 Å². The van der Waals surface area contributed by atoms with E-state index >= 15 is 0 Å². The molecule has 9 heteroatoms. The zero-order valence-corrected chi connectivity index (χ0v) is 13.5. The van der Waals surface area contributed by atoms with Crippen LogP contribution in [0.4, 0.5) is 5.69 Å². The van der Waals surface area contributed by atoms with Crippen LogP contribution >= 0.6 is 11.3 Å². The molecule has 0 atom stereocenters. The number of hydrogen-bond acceptors (Lipinski definition) is 7. The number of nitro benzene ring substituents is 1.